The minimum atomic E-state index is -4.56. The minimum Gasteiger partial charge on any atom is -0.490 e. The summed E-state index contributed by atoms with van der Waals surface area (Å²) in [5.74, 6) is -2.50. The highest BCUT2D eigenvalue weighted by atomic mass is 32.2. The number of halogens is 2. The second kappa shape index (κ2) is 19.8. The van der Waals surface area contributed by atoms with Gasteiger partial charge >= 0.3 is 0 Å². The van der Waals surface area contributed by atoms with Gasteiger partial charge in [0.25, 0.3) is 30.4 Å². The Kier molecular flexibility index (Phi) is 15.2. The second-order valence-electron chi connectivity index (χ2n) is 17.9. The number of para-hydroxylation sites is 1. The molecule has 0 unspecified atom stereocenters. The molecule has 1 aliphatic carbocycles. The predicted molar refractivity (Wildman–Crippen MR) is 250 cm³/mol. The van der Waals surface area contributed by atoms with Crippen molar-refractivity contribution in [1.82, 2.24) is 0 Å². The molecule has 2 aliphatic heterocycles. The van der Waals surface area contributed by atoms with Crippen molar-refractivity contribution in [2.75, 3.05) is 36.1 Å². The maximum absolute atomic E-state index is 16.9. The largest absolute Gasteiger partial charge is 0.490 e. The molecular formula is C48H59F2N2O10S3+. The molecular weight excluding hydrogens is 899 g/mol. The van der Waals surface area contributed by atoms with E-state index >= 15 is 8.78 Å². The molecule has 3 N–H and O–H groups in total. The summed E-state index contributed by atoms with van der Waals surface area (Å²) in [7, 11) is -12.9. The quantitative estimate of drug-likeness (QED) is 0.0592. The molecule has 17 heteroatoms. The smallest absolute Gasteiger partial charge is 0.294 e. The van der Waals surface area contributed by atoms with E-state index in [1.807, 2.05) is 73.9 Å². The normalized spacial score (nSPS) is 18.6. The summed E-state index contributed by atoms with van der Waals surface area (Å²) >= 11 is 0. The summed E-state index contributed by atoms with van der Waals surface area (Å²) in [5, 5.41) is 0. The van der Waals surface area contributed by atoms with Crippen molar-refractivity contribution < 1.29 is 57.0 Å². The van der Waals surface area contributed by atoms with Crippen molar-refractivity contribution in [2.45, 2.75) is 108 Å². The van der Waals surface area contributed by atoms with Crippen LogP contribution in [0.4, 0.5) is 20.2 Å². The van der Waals surface area contributed by atoms with Crippen LogP contribution in [-0.4, -0.2) is 80.4 Å². The lowest BCUT2D eigenvalue weighted by atomic mass is 9.79. The first-order chi connectivity index (χ1) is 30.5. The van der Waals surface area contributed by atoms with Crippen LogP contribution < -0.4 is 9.64 Å². The van der Waals surface area contributed by atoms with Crippen molar-refractivity contribution >= 4 is 53.0 Å². The van der Waals surface area contributed by atoms with E-state index in [0.717, 1.165) is 23.4 Å². The first kappa shape index (κ1) is 49.9. The van der Waals surface area contributed by atoms with Crippen LogP contribution in [0.2, 0.25) is 0 Å². The number of anilines is 1. The van der Waals surface area contributed by atoms with Gasteiger partial charge < -0.3 is 9.64 Å². The SMILES string of the molecule is CCCCOc1ccc(F)c(C2=C(/C=C/C3=[N+](CCCCS(=O)(=O)O)c4ccc(S(=O)(=O)O)cc4C3(C)C)CCC/C2=C\C=C2\N(CCCCS(=O)(=O)O)c3ccccc3C2(C)C)c1F. The van der Waals surface area contributed by atoms with Crippen molar-refractivity contribution in [3.63, 3.8) is 0 Å². The molecule has 3 aromatic carbocycles. The van der Waals surface area contributed by atoms with Gasteiger partial charge in [0.05, 0.1) is 34.0 Å². The number of unbranched alkanes of at least 4 members (excludes halogenated alkanes) is 3. The number of ether oxygens (including phenoxy) is 1. The van der Waals surface area contributed by atoms with Gasteiger partial charge in [-0.15, -0.1) is 0 Å². The monoisotopic (exact) mass is 957 g/mol. The highest BCUT2D eigenvalue weighted by Crippen LogP contribution is 2.49. The lowest BCUT2D eigenvalue weighted by Crippen LogP contribution is -2.28. The molecule has 2 heterocycles. The van der Waals surface area contributed by atoms with Gasteiger partial charge in [0.15, 0.2) is 17.3 Å². The van der Waals surface area contributed by atoms with E-state index in [2.05, 4.69) is 18.7 Å². The number of allylic oxidation sites excluding steroid dienone is 8. The van der Waals surface area contributed by atoms with Gasteiger partial charge in [-0.25, -0.2) is 8.78 Å². The fourth-order valence-corrected chi connectivity index (χ4v) is 10.8. The Morgan fingerprint density at radius 3 is 2.15 bits per heavy atom. The summed E-state index contributed by atoms with van der Waals surface area (Å²) < 4.78 is 140. The maximum Gasteiger partial charge on any atom is 0.294 e. The highest BCUT2D eigenvalue weighted by Gasteiger charge is 2.45. The highest BCUT2D eigenvalue weighted by molar-refractivity contribution is 7.86. The Morgan fingerprint density at radius 1 is 0.785 bits per heavy atom. The first-order valence-electron chi connectivity index (χ1n) is 21.9. The van der Waals surface area contributed by atoms with Gasteiger partial charge in [-0.2, -0.15) is 29.8 Å². The number of hydrogen-bond donors (Lipinski definition) is 3. The molecule has 12 nitrogen and oxygen atoms in total. The van der Waals surface area contributed by atoms with E-state index in [4.69, 9.17) is 4.74 Å². The van der Waals surface area contributed by atoms with Crippen LogP contribution in [-0.2, 0) is 41.2 Å². The molecule has 0 radical (unpaired) electrons. The molecule has 3 aromatic rings. The number of nitrogens with zero attached hydrogens (tertiary/aromatic N) is 2. The van der Waals surface area contributed by atoms with E-state index in [1.165, 1.54) is 24.3 Å². The standard InChI is InChI=1S/C48H58F2N2O10S3/c1-6-7-29-62-41-24-22-38(49)45(46(41)50)44-33(19-25-42-47(2,3)36-17-8-9-18-39(36)51(42)27-10-12-30-63(53,54)55)15-14-16-34(44)20-26-43-48(4,5)37-32-35(65(59,60)61)21-23-40(37)52(43)28-11-13-31-64(56,57)58/h8-9,17-26,32H,6-7,10-16,27-31H2,1-5H3,(H2-,53,54,55,56,57,58,59,60,61)/p+1. The second-order valence-corrected chi connectivity index (χ2v) is 22.4. The third-order valence-corrected chi connectivity index (χ3v) is 15.0. The third-order valence-electron chi connectivity index (χ3n) is 12.5. The van der Waals surface area contributed by atoms with Crippen LogP contribution in [0.5, 0.6) is 5.75 Å². The molecule has 352 valence electrons. The zero-order valence-corrected chi connectivity index (χ0v) is 39.9. The fourth-order valence-electron chi connectivity index (χ4n) is 9.19. The Hall–Kier alpha value is -4.52. The van der Waals surface area contributed by atoms with Crippen LogP contribution in [0.25, 0.3) is 5.57 Å². The molecule has 0 saturated carbocycles. The van der Waals surface area contributed by atoms with Crippen LogP contribution >= 0.6 is 0 Å². The van der Waals surface area contributed by atoms with E-state index < -0.39 is 58.6 Å². The minimum absolute atomic E-state index is 0.0788. The topological polar surface area (TPSA) is 179 Å². The van der Waals surface area contributed by atoms with Crippen LogP contribution in [0.1, 0.15) is 109 Å². The molecule has 0 spiro atoms. The zero-order chi connectivity index (χ0) is 47.5. The van der Waals surface area contributed by atoms with Crippen molar-refractivity contribution in [3.05, 3.63) is 124 Å². The molecule has 0 atom stereocenters. The van der Waals surface area contributed by atoms with Gasteiger partial charge in [0.1, 0.15) is 12.4 Å². The Labute approximate surface area is 382 Å². The number of fused-ring (bicyclic) bond motifs is 2. The first-order valence-corrected chi connectivity index (χ1v) is 26.6. The van der Waals surface area contributed by atoms with Crippen molar-refractivity contribution in [3.8, 4) is 5.75 Å². The molecule has 0 saturated heterocycles. The lowest BCUT2D eigenvalue weighted by Gasteiger charge is -2.28. The van der Waals surface area contributed by atoms with E-state index in [0.29, 0.717) is 78.8 Å². The zero-order valence-electron chi connectivity index (χ0n) is 37.5. The average Bonchev–Trinajstić information content (AvgIpc) is 3.57. The average molecular weight is 958 g/mol. The van der Waals surface area contributed by atoms with E-state index in [1.54, 1.807) is 6.07 Å². The molecule has 0 fully saturated rings. The predicted octanol–water partition coefficient (Wildman–Crippen LogP) is 9.90. The Balaban J connectivity index is 1.52. The molecule has 65 heavy (non-hydrogen) atoms. The van der Waals surface area contributed by atoms with Crippen molar-refractivity contribution in [1.29, 1.82) is 0 Å². The van der Waals surface area contributed by atoms with Gasteiger partial charge in [-0.05, 0) is 117 Å². The van der Waals surface area contributed by atoms with E-state index in [-0.39, 0.29) is 48.0 Å². The number of rotatable bonds is 19. The summed E-state index contributed by atoms with van der Waals surface area (Å²) in [4.78, 5) is 1.83. The summed E-state index contributed by atoms with van der Waals surface area (Å²) in [6.45, 7) is 10.9. The molecule has 0 bridgehead atoms. The van der Waals surface area contributed by atoms with Gasteiger partial charge in [0, 0.05) is 47.5 Å². The third kappa shape index (κ3) is 11.4. The van der Waals surface area contributed by atoms with E-state index in [9.17, 15) is 38.9 Å². The number of benzene rings is 3. The number of hydrogen-bond acceptors (Lipinski definition) is 8. The molecule has 0 amide bonds. The van der Waals surface area contributed by atoms with Gasteiger partial charge in [0.2, 0.25) is 5.69 Å². The van der Waals surface area contributed by atoms with Gasteiger partial charge in [-0.3, -0.25) is 13.7 Å². The summed E-state index contributed by atoms with van der Waals surface area (Å²) in [6.07, 6.45) is 11.8. The van der Waals surface area contributed by atoms with Crippen LogP contribution in [0.3, 0.4) is 0 Å². The lowest BCUT2D eigenvalue weighted by molar-refractivity contribution is -0.438. The van der Waals surface area contributed by atoms with Crippen LogP contribution in [0, 0.1) is 11.6 Å². The molecule has 6 rings (SSSR count). The Morgan fingerprint density at radius 2 is 1.48 bits per heavy atom. The molecule has 0 aromatic heterocycles. The summed E-state index contributed by atoms with van der Waals surface area (Å²) in [5.41, 5.74) is 4.85. The molecule has 3 aliphatic rings. The summed E-state index contributed by atoms with van der Waals surface area (Å²) in [6, 6.07) is 14.7. The van der Waals surface area contributed by atoms with Crippen LogP contribution in [0.15, 0.2) is 101 Å². The van der Waals surface area contributed by atoms with Gasteiger partial charge in [-0.1, -0.05) is 57.5 Å². The fraction of sp³-hybridized carbons (Fsp3) is 0.438. The maximum atomic E-state index is 16.9. The van der Waals surface area contributed by atoms with Crippen molar-refractivity contribution in [2.24, 2.45) is 0 Å². The Bertz CT molecular complexity index is 2830.